The number of fused-ring (bicyclic) bond motifs is 4. The third-order valence-corrected chi connectivity index (χ3v) is 7.67. The van der Waals surface area contributed by atoms with Gasteiger partial charge in [-0.25, -0.2) is 9.59 Å². The van der Waals surface area contributed by atoms with E-state index in [9.17, 15) is 19.8 Å². The Morgan fingerprint density at radius 1 is 0.676 bits per heavy atom. The number of hydrogen-bond donors (Lipinski definition) is 2. The molecule has 2 aromatic rings. The van der Waals surface area contributed by atoms with Crippen molar-refractivity contribution in [1.82, 2.24) is 0 Å². The molecule has 0 atom stereocenters. The van der Waals surface area contributed by atoms with Crippen molar-refractivity contribution in [2.24, 2.45) is 0 Å². The van der Waals surface area contributed by atoms with Crippen LogP contribution >= 0.6 is 0 Å². The van der Waals surface area contributed by atoms with Gasteiger partial charge in [0.2, 0.25) is 22.6 Å². The smallest absolute Gasteiger partial charge is 0.433 e. The molecule has 0 aliphatic heterocycles. The zero-order chi connectivity index (χ0) is 24.2. The van der Waals surface area contributed by atoms with E-state index in [4.69, 9.17) is 4.74 Å². The van der Waals surface area contributed by atoms with Gasteiger partial charge < -0.3 is 48.9 Å². The number of carbonyl (C=O) groups is 2. The van der Waals surface area contributed by atoms with Crippen molar-refractivity contribution >= 4 is 11.8 Å². The Morgan fingerprint density at radius 3 is 1.32 bits per heavy atom. The van der Waals surface area contributed by atoms with Gasteiger partial charge in [-0.15, -0.1) is 9.13 Å². The summed E-state index contributed by atoms with van der Waals surface area (Å²) in [6, 6.07) is 10.4. The highest BCUT2D eigenvalue weighted by molar-refractivity contribution is 5.94. The van der Waals surface area contributed by atoms with E-state index >= 15 is 0 Å². The van der Waals surface area contributed by atoms with E-state index in [1.807, 2.05) is 24.3 Å². The minimum Gasteiger partial charge on any atom is -1.00 e. The monoisotopic (exact) mass is 628 g/mol. The fourth-order valence-electron chi connectivity index (χ4n) is 5.94. The lowest BCUT2D eigenvalue weighted by molar-refractivity contribution is -0.595. The molecule has 6 rings (SSSR count). The molecule has 4 aliphatic rings. The van der Waals surface area contributed by atoms with Crippen LogP contribution < -0.4 is 43.1 Å². The summed E-state index contributed by atoms with van der Waals surface area (Å²) in [5.74, 6) is -0.676. The first-order valence-corrected chi connectivity index (χ1v) is 11.9. The maximum absolute atomic E-state index is 14.3. The molecule has 0 radical (unpaired) electrons. The fraction of sp³-hybridized carbons (Fsp3) is 0.286. The molecule has 37 heavy (non-hydrogen) atoms. The second-order valence-corrected chi connectivity index (χ2v) is 9.28. The van der Waals surface area contributed by atoms with E-state index < -0.39 is 11.2 Å². The Hall–Kier alpha value is -2.56. The molecule has 0 saturated heterocycles. The van der Waals surface area contributed by atoms with Gasteiger partial charge in [-0.2, -0.15) is 0 Å². The van der Waals surface area contributed by atoms with E-state index in [2.05, 4.69) is 0 Å². The maximum Gasteiger partial charge on any atom is 0.433 e. The maximum atomic E-state index is 14.3. The van der Waals surface area contributed by atoms with Gasteiger partial charge in [-0.05, 0) is 60.1 Å². The fourth-order valence-corrected chi connectivity index (χ4v) is 5.94. The van der Waals surface area contributed by atoms with Crippen LogP contribution in [0.1, 0.15) is 46.7 Å². The van der Waals surface area contributed by atoms with Gasteiger partial charge in [0, 0.05) is 24.3 Å². The lowest BCUT2D eigenvalue weighted by Crippen LogP contribution is -3.00. The Labute approximate surface area is 235 Å². The molecule has 2 heterocycles. The van der Waals surface area contributed by atoms with Crippen molar-refractivity contribution in [2.45, 2.75) is 50.1 Å². The van der Waals surface area contributed by atoms with Gasteiger partial charge in [0.1, 0.15) is 13.2 Å². The van der Waals surface area contributed by atoms with Crippen LogP contribution in [0.15, 0.2) is 95.4 Å². The van der Waals surface area contributed by atoms with Gasteiger partial charge in [0.05, 0.1) is 0 Å². The Morgan fingerprint density at radius 2 is 1.03 bits per heavy atom. The van der Waals surface area contributed by atoms with Crippen molar-refractivity contribution in [1.29, 1.82) is 0 Å². The average molecular weight is 630 g/mol. The summed E-state index contributed by atoms with van der Waals surface area (Å²) in [5, 5.41) is 19.8. The van der Waals surface area contributed by atoms with Crippen LogP contribution in [-0.4, -0.2) is 33.2 Å². The van der Waals surface area contributed by atoms with E-state index in [1.165, 1.54) is 9.13 Å². The first kappa shape index (κ1) is 27.5. The number of nitrogens with zero attached hydrogens (tertiary/aromatic N) is 2. The van der Waals surface area contributed by atoms with Crippen molar-refractivity contribution < 1.29 is 67.6 Å². The molecule has 0 spiro atoms. The molecular weight excluding hydrogens is 604 g/mol. The summed E-state index contributed by atoms with van der Waals surface area (Å²) < 4.78 is 9.85. The summed E-state index contributed by atoms with van der Waals surface area (Å²) in [6.45, 7) is -0.609. The van der Waals surface area contributed by atoms with Crippen LogP contribution in [0.3, 0.4) is 0 Å². The van der Waals surface area contributed by atoms with Crippen molar-refractivity contribution in [2.75, 3.05) is 0 Å². The van der Waals surface area contributed by atoms with E-state index in [0.717, 1.165) is 22.3 Å². The first-order valence-electron chi connectivity index (χ1n) is 11.9. The van der Waals surface area contributed by atoms with E-state index in [-0.39, 0.29) is 59.0 Å². The summed E-state index contributed by atoms with van der Waals surface area (Å²) in [4.78, 5) is 28.6. The van der Waals surface area contributed by atoms with Crippen molar-refractivity contribution in [3.63, 3.8) is 0 Å². The van der Waals surface area contributed by atoms with Crippen LogP contribution in [0.4, 0.5) is 0 Å². The number of hydrogen-bond acceptors (Lipinski definition) is 5. The summed E-state index contributed by atoms with van der Waals surface area (Å²) in [5.41, 5.74) is 1.29. The summed E-state index contributed by atoms with van der Waals surface area (Å²) >= 11 is 0. The van der Waals surface area contributed by atoms with Crippen LogP contribution in [0.25, 0.3) is 0 Å². The van der Waals surface area contributed by atoms with Gasteiger partial charge in [0.25, 0.3) is 0 Å². The molecule has 2 saturated carbocycles. The standard InChI is InChI=1S/C28H26N2O5.2BrH/c31-17-23-5-1-3-15-29(23)25(33)27(19-7-8-20(27)10-9-19)35-28(21-11-12-22(28)14-13-21)26(34)30-16-4-2-6-24(30)18-32;;/h1-8,11-12,15-16,31-32H,9-10,13-14,17-18H2;2*1H/q+2;;/p-2. The Kier molecular flexibility index (Phi) is 7.65. The third-order valence-electron chi connectivity index (χ3n) is 7.67. The van der Waals surface area contributed by atoms with Gasteiger partial charge in [-0.3, -0.25) is 0 Å². The molecular formula is C28H26Br2N2O5. The van der Waals surface area contributed by atoms with Crippen LogP contribution in [0.5, 0.6) is 0 Å². The first-order chi connectivity index (χ1) is 17.1. The largest absolute Gasteiger partial charge is 1.00 e. The van der Waals surface area contributed by atoms with Gasteiger partial charge in [-0.1, -0.05) is 24.3 Å². The number of aliphatic hydroxyl groups is 2. The number of halogens is 2. The normalized spacial score (nSPS) is 19.3. The van der Waals surface area contributed by atoms with Crippen LogP contribution in [-0.2, 0) is 18.0 Å². The average Bonchev–Trinajstić information content (AvgIpc) is 3.66. The molecule has 7 nitrogen and oxygen atoms in total. The van der Waals surface area contributed by atoms with E-state index in [1.54, 1.807) is 48.8 Å². The number of carbonyl (C=O) groups excluding carboxylic acids is 2. The lowest BCUT2D eigenvalue weighted by atomic mass is 9.89. The molecule has 4 aliphatic carbocycles. The minimum absolute atomic E-state index is 0. The zero-order valence-electron chi connectivity index (χ0n) is 19.9. The molecule has 192 valence electrons. The Bertz CT molecular complexity index is 1260. The second kappa shape index (κ2) is 10.3. The molecule has 4 bridgehead atoms. The summed E-state index contributed by atoms with van der Waals surface area (Å²) in [7, 11) is 0. The number of rotatable bonds is 6. The minimum atomic E-state index is -1.44. The number of allylic oxidation sites excluding steroid dienone is 4. The van der Waals surface area contributed by atoms with Crippen molar-refractivity contribution in [3.8, 4) is 0 Å². The highest BCUT2D eigenvalue weighted by Gasteiger charge is 2.68. The quantitative estimate of drug-likeness (QED) is 0.319. The molecule has 0 unspecified atom stereocenters. The van der Waals surface area contributed by atoms with Crippen LogP contribution in [0, 0.1) is 0 Å². The summed E-state index contributed by atoms with van der Waals surface area (Å²) in [6.07, 6.45) is 13.6. The van der Waals surface area contributed by atoms with Gasteiger partial charge in [0.15, 0.2) is 12.4 Å². The SMILES string of the molecule is O=C([n+]1ccccc1CO)C1(OC2(C(=O)[n+]3ccccc3CO)C3=CC=C2CC3)C2=CC=C1CC2.[Br-].[Br-]. The highest BCUT2D eigenvalue weighted by atomic mass is 79.9. The van der Waals surface area contributed by atoms with Crippen molar-refractivity contribution in [3.05, 3.63) is 107 Å². The number of aromatic nitrogens is 2. The Balaban J connectivity index is 0.00000160. The topological polar surface area (TPSA) is 91.6 Å². The third kappa shape index (κ3) is 3.79. The second-order valence-electron chi connectivity index (χ2n) is 9.28. The molecule has 2 N–H and O–H groups in total. The van der Waals surface area contributed by atoms with Crippen LogP contribution in [0.2, 0.25) is 0 Å². The predicted octanol–water partition coefficient (Wildman–Crippen LogP) is -3.95. The molecule has 0 aromatic carbocycles. The number of pyridine rings is 2. The number of ether oxygens (including phenoxy) is 1. The molecule has 9 heteroatoms. The lowest BCUT2D eigenvalue weighted by Gasteiger charge is -2.35. The van der Waals surface area contributed by atoms with E-state index in [0.29, 0.717) is 37.1 Å². The molecule has 2 fully saturated rings. The number of aliphatic hydroxyl groups excluding tert-OH is 2. The zero-order valence-corrected chi connectivity index (χ0v) is 23.1. The van der Waals surface area contributed by atoms with Gasteiger partial charge >= 0.3 is 11.8 Å². The predicted molar refractivity (Wildman–Crippen MR) is 124 cm³/mol. The molecule has 2 aromatic heterocycles. The molecule has 0 amide bonds. The highest BCUT2D eigenvalue weighted by Crippen LogP contribution is 2.55.